The molecule has 0 aliphatic carbocycles. The molecule has 0 radical (unpaired) electrons. The van der Waals surface area contributed by atoms with Crippen molar-refractivity contribution in [2.45, 2.75) is 6.61 Å². The van der Waals surface area contributed by atoms with Gasteiger partial charge in [-0.2, -0.15) is 0 Å². The van der Waals surface area contributed by atoms with Crippen LogP contribution in [0.3, 0.4) is 0 Å². The molecule has 0 unspecified atom stereocenters. The van der Waals surface area contributed by atoms with E-state index in [0.29, 0.717) is 0 Å². The van der Waals surface area contributed by atoms with Gasteiger partial charge in [-0.25, -0.2) is 9.97 Å². The molecule has 0 bridgehead atoms. The molecular formula is C15H17BrN4O. The number of aromatic nitrogens is 2. The molecule has 1 aliphatic rings. The van der Waals surface area contributed by atoms with E-state index in [4.69, 9.17) is 5.11 Å². The van der Waals surface area contributed by atoms with E-state index in [2.05, 4.69) is 41.8 Å². The molecular weight excluding hydrogens is 332 g/mol. The van der Waals surface area contributed by atoms with Crippen LogP contribution in [0.2, 0.25) is 0 Å². The second-order valence-electron chi connectivity index (χ2n) is 4.97. The van der Waals surface area contributed by atoms with E-state index < -0.39 is 0 Å². The highest BCUT2D eigenvalue weighted by Crippen LogP contribution is 2.28. The first-order valence-electron chi connectivity index (χ1n) is 6.94. The molecule has 1 N–H and O–H groups in total. The maximum absolute atomic E-state index is 9.17. The van der Waals surface area contributed by atoms with Gasteiger partial charge in [0.05, 0.1) is 12.3 Å². The lowest BCUT2D eigenvalue weighted by Crippen LogP contribution is -2.47. The fourth-order valence-corrected chi connectivity index (χ4v) is 3.18. The number of aliphatic hydroxyl groups is 1. The van der Waals surface area contributed by atoms with Gasteiger partial charge in [-0.3, -0.25) is 0 Å². The number of piperazine rings is 1. The molecule has 3 rings (SSSR count). The number of aliphatic hydroxyl groups excluding tert-OH is 1. The van der Waals surface area contributed by atoms with E-state index in [9.17, 15) is 0 Å². The number of benzene rings is 1. The predicted molar refractivity (Wildman–Crippen MR) is 86.5 cm³/mol. The fraction of sp³-hybridized carbons (Fsp3) is 0.333. The normalized spacial score (nSPS) is 15.3. The summed E-state index contributed by atoms with van der Waals surface area (Å²) >= 11 is 3.59. The van der Waals surface area contributed by atoms with Crippen LogP contribution in [0.5, 0.6) is 0 Å². The van der Waals surface area contributed by atoms with E-state index in [1.807, 2.05) is 18.2 Å². The Labute approximate surface area is 132 Å². The highest BCUT2D eigenvalue weighted by molar-refractivity contribution is 9.10. The third-order valence-electron chi connectivity index (χ3n) is 3.65. The van der Waals surface area contributed by atoms with Gasteiger partial charge in [0.15, 0.2) is 0 Å². The molecule has 0 atom stereocenters. The Bertz CT molecular complexity index is 600. The first-order valence-corrected chi connectivity index (χ1v) is 7.73. The quantitative estimate of drug-likeness (QED) is 0.919. The van der Waals surface area contributed by atoms with E-state index in [1.165, 1.54) is 5.69 Å². The number of anilines is 2. The molecule has 2 aromatic rings. The summed E-state index contributed by atoms with van der Waals surface area (Å²) in [6.45, 7) is 3.72. The lowest BCUT2D eigenvalue weighted by Gasteiger charge is -2.36. The third kappa shape index (κ3) is 3.16. The van der Waals surface area contributed by atoms with Gasteiger partial charge >= 0.3 is 0 Å². The van der Waals surface area contributed by atoms with Crippen LogP contribution in [0, 0.1) is 0 Å². The van der Waals surface area contributed by atoms with Crippen molar-refractivity contribution in [3.8, 4) is 0 Å². The zero-order valence-corrected chi connectivity index (χ0v) is 13.2. The lowest BCUT2D eigenvalue weighted by atomic mass is 10.2. The average Bonchev–Trinajstić information content (AvgIpc) is 2.56. The summed E-state index contributed by atoms with van der Waals surface area (Å²) in [6, 6.07) is 7.83. The van der Waals surface area contributed by atoms with Crippen molar-refractivity contribution in [3.63, 3.8) is 0 Å². The minimum absolute atomic E-state index is 0.0675. The van der Waals surface area contributed by atoms with E-state index in [-0.39, 0.29) is 6.61 Å². The maximum Gasteiger partial charge on any atom is 0.225 e. The van der Waals surface area contributed by atoms with Gasteiger partial charge in [-0.15, -0.1) is 0 Å². The van der Waals surface area contributed by atoms with Crippen molar-refractivity contribution in [3.05, 3.63) is 46.7 Å². The average molecular weight is 349 g/mol. The van der Waals surface area contributed by atoms with Crippen LogP contribution in [0.25, 0.3) is 0 Å². The fourth-order valence-electron chi connectivity index (χ4n) is 2.51. The van der Waals surface area contributed by atoms with Crippen LogP contribution < -0.4 is 9.80 Å². The monoisotopic (exact) mass is 348 g/mol. The molecule has 0 saturated carbocycles. The van der Waals surface area contributed by atoms with Gasteiger partial charge in [-0.05, 0) is 39.7 Å². The maximum atomic E-state index is 9.17. The Morgan fingerprint density at radius 3 is 2.33 bits per heavy atom. The van der Waals surface area contributed by atoms with Crippen molar-refractivity contribution in [2.75, 3.05) is 36.0 Å². The SMILES string of the molecule is OCc1ccc(N2CCN(c3ncccn3)CC2)c(Br)c1. The molecule has 0 spiro atoms. The third-order valence-corrected chi connectivity index (χ3v) is 4.29. The molecule has 0 amide bonds. The molecule has 6 heteroatoms. The smallest absolute Gasteiger partial charge is 0.225 e. The highest BCUT2D eigenvalue weighted by atomic mass is 79.9. The summed E-state index contributed by atoms with van der Waals surface area (Å²) in [6.07, 6.45) is 3.55. The van der Waals surface area contributed by atoms with Crippen LogP contribution in [-0.2, 0) is 6.61 Å². The molecule has 21 heavy (non-hydrogen) atoms. The molecule has 1 aromatic heterocycles. The Hall–Kier alpha value is -1.66. The van der Waals surface area contributed by atoms with Crippen LogP contribution >= 0.6 is 15.9 Å². The van der Waals surface area contributed by atoms with Gasteiger partial charge in [0, 0.05) is 43.0 Å². The first-order chi connectivity index (χ1) is 10.3. The molecule has 5 nitrogen and oxygen atoms in total. The molecule has 1 saturated heterocycles. The number of hydrogen-bond donors (Lipinski definition) is 1. The number of nitrogens with zero attached hydrogens (tertiary/aromatic N) is 4. The molecule has 1 fully saturated rings. The lowest BCUT2D eigenvalue weighted by molar-refractivity contribution is 0.282. The molecule has 2 heterocycles. The number of hydrogen-bond acceptors (Lipinski definition) is 5. The predicted octanol–water partition coefficient (Wildman–Crippen LogP) is 2.06. The van der Waals surface area contributed by atoms with Gasteiger partial charge in [0.2, 0.25) is 5.95 Å². The standard InChI is InChI=1S/C15H17BrN4O/c16-13-10-12(11-21)2-3-14(13)19-6-8-20(9-7-19)15-17-4-1-5-18-15/h1-5,10,21H,6-9,11H2. The summed E-state index contributed by atoms with van der Waals surface area (Å²) < 4.78 is 1.03. The Morgan fingerprint density at radius 2 is 1.71 bits per heavy atom. The molecule has 110 valence electrons. The summed E-state index contributed by atoms with van der Waals surface area (Å²) in [4.78, 5) is 13.1. The van der Waals surface area contributed by atoms with Gasteiger partial charge in [0.1, 0.15) is 0 Å². The molecule has 1 aromatic carbocycles. The van der Waals surface area contributed by atoms with Crippen LogP contribution in [-0.4, -0.2) is 41.3 Å². The van der Waals surface area contributed by atoms with Crippen LogP contribution in [0.1, 0.15) is 5.56 Å². The second-order valence-corrected chi connectivity index (χ2v) is 5.82. The van der Waals surface area contributed by atoms with Crippen molar-refractivity contribution in [1.82, 2.24) is 9.97 Å². The minimum atomic E-state index is 0.0675. The van der Waals surface area contributed by atoms with Crippen molar-refractivity contribution < 1.29 is 5.11 Å². The zero-order chi connectivity index (χ0) is 14.7. The van der Waals surface area contributed by atoms with Crippen LogP contribution in [0.15, 0.2) is 41.1 Å². The second kappa shape index (κ2) is 6.41. The zero-order valence-electron chi connectivity index (χ0n) is 11.6. The van der Waals surface area contributed by atoms with Crippen molar-refractivity contribution in [2.24, 2.45) is 0 Å². The highest BCUT2D eigenvalue weighted by Gasteiger charge is 2.20. The summed E-state index contributed by atoms with van der Waals surface area (Å²) in [5.74, 6) is 0.798. The van der Waals surface area contributed by atoms with Gasteiger partial charge in [-0.1, -0.05) is 6.07 Å². The summed E-state index contributed by atoms with van der Waals surface area (Å²) in [5.41, 5.74) is 2.09. The van der Waals surface area contributed by atoms with E-state index >= 15 is 0 Å². The van der Waals surface area contributed by atoms with Crippen LogP contribution in [0.4, 0.5) is 11.6 Å². The Balaban J connectivity index is 1.68. The Kier molecular flexibility index (Phi) is 4.36. The Morgan fingerprint density at radius 1 is 1.05 bits per heavy atom. The van der Waals surface area contributed by atoms with Crippen molar-refractivity contribution >= 4 is 27.6 Å². The van der Waals surface area contributed by atoms with E-state index in [1.54, 1.807) is 12.4 Å². The van der Waals surface area contributed by atoms with Gasteiger partial charge in [0.25, 0.3) is 0 Å². The topological polar surface area (TPSA) is 52.5 Å². The molecule has 1 aliphatic heterocycles. The van der Waals surface area contributed by atoms with Crippen molar-refractivity contribution in [1.29, 1.82) is 0 Å². The number of halogens is 1. The summed E-state index contributed by atoms with van der Waals surface area (Å²) in [7, 11) is 0. The van der Waals surface area contributed by atoms with Gasteiger partial charge < -0.3 is 14.9 Å². The first kappa shape index (κ1) is 14.3. The largest absolute Gasteiger partial charge is 0.392 e. The number of rotatable bonds is 3. The van der Waals surface area contributed by atoms with E-state index in [0.717, 1.165) is 42.2 Å². The summed E-state index contributed by atoms with van der Waals surface area (Å²) in [5, 5.41) is 9.17. The minimum Gasteiger partial charge on any atom is -0.392 e.